The number of hydrogen-bond donors (Lipinski definition) is 11. The average Bonchev–Trinajstić information content (AvgIpc) is 3.11. The van der Waals surface area contributed by atoms with Gasteiger partial charge >= 0.3 is 0 Å². The minimum absolute atomic E-state index is 0.124. The van der Waals surface area contributed by atoms with Crippen molar-refractivity contribution in [1.29, 1.82) is 0 Å². The highest BCUT2D eigenvalue weighted by Crippen LogP contribution is 2.39. The van der Waals surface area contributed by atoms with Crippen molar-refractivity contribution >= 4 is 11.0 Å². The van der Waals surface area contributed by atoms with Gasteiger partial charge in [0, 0.05) is 17.7 Å². The van der Waals surface area contributed by atoms with E-state index in [9.17, 15) is 61.0 Å². The first-order valence-electron chi connectivity index (χ1n) is 16.2. The van der Waals surface area contributed by atoms with Crippen LogP contribution in [0.5, 0.6) is 23.0 Å². The van der Waals surface area contributed by atoms with Crippen molar-refractivity contribution in [3.8, 4) is 34.3 Å². The summed E-state index contributed by atoms with van der Waals surface area (Å²) >= 11 is 0. The second-order valence-electron chi connectivity index (χ2n) is 12.9. The van der Waals surface area contributed by atoms with Gasteiger partial charge in [-0.25, -0.2) is 0 Å². The number of benzene rings is 2. The summed E-state index contributed by atoms with van der Waals surface area (Å²) in [4.78, 5) is 14.2. The third-order valence-corrected chi connectivity index (χ3v) is 9.25. The summed E-state index contributed by atoms with van der Waals surface area (Å²) in [5, 5.41) is 114. The van der Waals surface area contributed by atoms with E-state index in [2.05, 4.69) is 0 Å². The maximum absolute atomic E-state index is 14.2. The molecule has 3 aromatic rings. The summed E-state index contributed by atoms with van der Waals surface area (Å²) in [5.74, 6) is -2.07. The Morgan fingerprint density at radius 3 is 1.88 bits per heavy atom. The van der Waals surface area contributed by atoms with Crippen molar-refractivity contribution in [3.63, 3.8) is 0 Å². The lowest BCUT2D eigenvalue weighted by Crippen LogP contribution is -2.64. The Labute approximate surface area is 293 Å². The maximum Gasteiger partial charge on any atom is 0.239 e. The van der Waals surface area contributed by atoms with Crippen molar-refractivity contribution in [2.45, 2.75) is 106 Å². The van der Waals surface area contributed by atoms with Crippen LogP contribution in [0.1, 0.15) is 13.8 Å². The molecule has 1 aromatic heterocycles. The quantitative estimate of drug-likeness (QED) is 0.110. The molecule has 6 rings (SSSR count). The van der Waals surface area contributed by atoms with Gasteiger partial charge in [0.25, 0.3) is 0 Å². The zero-order chi connectivity index (χ0) is 37.8. The number of fused-ring (bicyclic) bond motifs is 1. The van der Waals surface area contributed by atoms with Crippen LogP contribution in [0.4, 0.5) is 0 Å². The molecular weight excluding hydrogens is 700 g/mol. The lowest BCUT2D eigenvalue weighted by Gasteiger charge is -2.45. The summed E-state index contributed by atoms with van der Waals surface area (Å²) in [6.07, 6.45) is -24.1. The van der Waals surface area contributed by atoms with Gasteiger partial charge in [0.05, 0.1) is 18.8 Å². The molecule has 19 nitrogen and oxygen atoms in total. The van der Waals surface area contributed by atoms with Crippen LogP contribution < -0.4 is 14.9 Å². The number of aliphatic hydroxyl groups excluding tert-OH is 9. The Balaban J connectivity index is 1.41. The largest absolute Gasteiger partial charge is 0.508 e. The summed E-state index contributed by atoms with van der Waals surface area (Å²) < 4.78 is 40.1. The smallest absolute Gasteiger partial charge is 0.239 e. The van der Waals surface area contributed by atoms with E-state index in [4.69, 9.17) is 32.8 Å². The first kappa shape index (κ1) is 38.1. The van der Waals surface area contributed by atoms with E-state index in [-0.39, 0.29) is 28.4 Å². The van der Waals surface area contributed by atoms with Crippen molar-refractivity contribution in [2.75, 3.05) is 6.61 Å². The van der Waals surface area contributed by atoms with Gasteiger partial charge in [-0.05, 0) is 38.1 Å². The van der Waals surface area contributed by atoms with Crippen molar-refractivity contribution in [1.82, 2.24) is 0 Å². The van der Waals surface area contributed by atoms with Gasteiger partial charge in [-0.2, -0.15) is 0 Å². The zero-order valence-corrected chi connectivity index (χ0v) is 27.5. The van der Waals surface area contributed by atoms with E-state index in [0.29, 0.717) is 0 Å². The molecule has 286 valence electrons. The van der Waals surface area contributed by atoms with Crippen LogP contribution in [0.2, 0.25) is 0 Å². The molecule has 0 saturated carbocycles. The second kappa shape index (κ2) is 15.0. The lowest BCUT2D eigenvalue weighted by molar-refractivity contribution is -0.354. The molecule has 4 heterocycles. The van der Waals surface area contributed by atoms with Crippen molar-refractivity contribution in [3.05, 3.63) is 46.6 Å². The summed E-state index contributed by atoms with van der Waals surface area (Å²) in [6, 6.07) is 7.36. The molecule has 19 heteroatoms. The van der Waals surface area contributed by atoms with E-state index < -0.39 is 121 Å². The third kappa shape index (κ3) is 7.03. The van der Waals surface area contributed by atoms with Gasteiger partial charge in [0.2, 0.25) is 23.8 Å². The fourth-order valence-corrected chi connectivity index (χ4v) is 6.17. The molecule has 0 aliphatic carbocycles. The van der Waals surface area contributed by atoms with E-state index in [1.54, 1.807) is 0 Å². The Kier molecular flexibility index (Phi) is 11.0. The van der Waals surface area contributed by atoms with Gasteiger partial charge in [-0.1, -0.05) is 0 Å². The van der Waals surface area contributed by atoms with Crippen LogP contribution in [0, 0.1) is 0 Å². The lowest BCUT2D eigenvalue weighted by atomic mass is 9.97. The minimum atomic E-state index is -1.93. The van der Waals surface area contributed by atoms with Crippen LogP contribution >= 0.6 is 0 Å². The van der Waals surface area contributed by atoms with Crippen LogP contribution in [0.3, 0.4) is 0 Å². The summed E-state index contributed by atoms with van der Waals surface area (Å²) in [5.41, 5.74) is -1.20. The van der Waals surface area contributed by atoms with Gasteiger partial charge in [-0.3, -0.25) is 4.79 Å². The maximum atomic E-state index is 14.2. The molecule has 3 fully saturated rings. The molecular formula is C33H40O19. The Morgan fingerprint density at radius 1 is 0.673 bits per heavy atom. The number of phenols is 2. The molecule has 15 atom stereocenters. The predicted molar refractivity (Wildman–Crippen MR) is 170 cm³/mol. The Hall–Kier alpha value is -3.67. The summed E-state index contributed by atoms with van der Waals surface area (Å²) in [7, 11) is 0. The molecule has 0 radical (unpaired) electrons. The minimum Gasteiger partial charge on any atom is -0.508 e. The SMILES string of the molecule is C[C@@H]1O[C@@H](O[C@H]2[C@H](Oc3c(-c4ccc(O)cc4)oc4cc(O[C@@H]5O[C@@H](C)[C@H](O)[C@H](O)[C@H]5O)cc(O)c4c3=O)O[C@@H](CO)[C@H](O)[C@@H]2O)[C@@H](O)[C@@H](O)[C@H]1O. The second-order valence-corrected chi connectivity index (χ2v) is 12.9. The fraction of sp³-hybridized carbons (Fsp3) is 0.545. The zero-order valence-electron chi connectivity index (χ0n) is 27.5. The van der Waals surface area contributed by atoms with Gasteiger partial charge in [0.15, 0.2) is 18.2 Å². The van der Waals surface area contributed by atoms with Gasteiger partial charge in [-0.15, -0.1) is 0 Å². The van der Waals surface area contributed by atoms with Crippen molar-refractivity contribution in [2.24, 2.45) is 0 Å². The highest BCUT2D eigenvalue weighted by atomic mass is 16.8. The average molecular weight is 741 g/mol. The molecule has 0 spiro atoms. The van der Waals surface area contributed by atoms with E-state index in [0.717, 1.165) is 12.1 Å². The van der Waals surface area contributed by atoms with Crippen LogP contribution in [-0.4, -0.2) is 155 Å². The number of rotatable bonds is 8. The Bertz CT molecular complexity index is 1770. The molecule has 0 amide bonds. The van der Waals surface area contributed by atoms with E-state index in [1.165, 1.54) is 38.1 Å². The highest BCUT2D eigenvalue weighted by molar-refractivity contribution is 5.88. The molecule has 0 bridgehead atoms. The first-order valence-corrected chi connectivity index (χ1v) is 16.2. The number of phenolic OH excluding ortho intramolecular Hbond substituents is 2. The predicted octanol–water partition coefficient (Wildman–Crippen LogP) is -2.89. The van der Waals surface area contributed by atoms with Crippen LogP contribution in [-0.2, 0) is 18.9 Å². The fourth-order valence-electron chi connectivity index (χ4n) is 6.17. The van der Waals surface area contributed by atoms with Crippen LogP contribution in [0.15, 0.2) is 45.6 Å². The number of ether oxygens (including phenoxy) is 6. The molecule has 2 aromatic carbocycles. The van der Waals surface area contributed by atoms with Gasteiger partial charge < -0.3 is 89.0 Å². The van der Waals surface area contributed by atoms with Crippen molar-refractivity contribution < 1.29 is 89.0 Å². The summed E-state index contributed by atoms with van der Waals surface area (Å²) in [6.45, 7) is 1.97. The van der Waals surface area contributed by atoms with E-state index in [1.807, 2.05) is 0 Å². The standard InChI is InChI=1S/C33H40O19/c1-10-19(37)23(41)26(44)31(46-10)48-14-7-15(36)18-16(8-14)49-28(12-3-5-13(35)6-4-12)29(22(18)40)51-33-30(25(43)21(39)17(9-34)50-33)52-32-27(45)24(42)20(38)11(2)47-32/h3-8,10-11,17,19-21,23-27,30-39,41-45H,9H2,1-2H3/t10-,11-,17-,19-,20-,21-,23-,24-,25-,26+,27-,30+,31-,32-,33-/m0/s1. The number of aliphatic hydroxyl groups is 9. The number of aromatic hydroxyl groups is 2. The van der Waals surface area contributed by atoms with E-state index >= 15 is 0 Å². The van der Waals surface area contributed by atoms with Gasteiger partial charge in [0.1, 0.15) is 83.2 Å². The molecule has 52 heavy (non-hydrogen) atoms. The normalized spacial score (nSPS) is 38.2. The molecule has 11 N–H and O–H groups in total. The molecule has 0 unspecified atom stereocenters. The monoisotopic (exact) mass is 740 g/mol. The Morgan fingerprint density at radius 2 is 1.27 bits per heavy atom. The molecule has 3 aliphatic heterocycles. The van der Waals surface area contributed by atoms with Crippen LogP contribution in [0.25, 0.3) is 22.3 Å². The highest BCUT2D eigenvalue weighted by Gasteiger charge is 2.51. The molecule has 3 aliphatic rings. The topological polar surface area (TPSA) is 308 Å². The first-order chi connectivity index (χ1) is 24.6. The number of hydrogen-bond acceptors (Lipinski definition) is 19. The molecule has 3 saturated heterocycles. The third-order valence-electron chi connectivity index (χ3n) is 9.25.